The van der Waals surface area contributed by atoms with Crippen LogP contribution < -0.4 is 11.0 Å². The number of rotatable bonds is 3. The molecule has 7 nitrogen and oxygen atoms in total. The maximum Gasteiger partial charge on any atom is 0.330 e. The number of nitrogens with one attached hydrogen (secondary N) is 1. The van der Waals surface area contributed by atoms with Gasteiger partial charge in [0, 0.05) is 19.1 Å². The van der Waals surface area contributed by atoms with E-state index >= 15 is 0 Å². The molecule has 0 bridgehead atoms. The Morgan fingerprint density at radius 2 is 2.12 bits per heavy atom. The van der Waals surface area contributed by atoms with Crippen LogP contribution in [0.1, 0.15) is 18.9 Å². The van der Waals surface area contributed by atoms with Crippen LogP contribution in [0.2, 0.25) is 0 Å². The molecule has 1 saturated carbocycles. The summed E-state index contributed by atoms with van der Waals surface area (Å²) in [5, 5.41) is 4.44. The lowest BCUT2D eigenvalue weighted by atomic mass is 9.86. The summed E-state index contributed by atoms with van der Waals surface area (Å²) in [6, 6.07) is 8.62. The number of aromatic nitrogens is 5. The molecule has 1 N–H and O–H groups in total. The van der Waals surface area contributed by atoms with Crippen molar-refractivity contribution in [2.75, 3.05) is 5.32 Å². The van der Waals surface area contributed by atoms with Gasteiger partial charge in [0.2, 0.25) is 0 Å². The maximum absolute atomic E-state index is 12.5. The Morgan fingerprint density at radius 3 is 2.96 bits per heavy atom. The van der Waals surface area contributed by atoms with Gasteiger partial charge >= 0.3 is 5.69 Å². The Labute approximate surface area is 147 Å². The number of aryl methyl sites for hydroxylation is 1. The van der Waals surface area contributed by atoms with Crippen molar-refractivity contribution in [1.82, 2.24) is 24.1 Å². The number of hydrogen-bond acceptors (Lipinski definition) is 6. The van der Waals surface area contributed by atoms with E-state index in [1.165, 1.54) is 11.0 Å². The molecule has 3 heterocycles. The fraction of sp³-hybridized carbons (Fsp3) is 0.294. The molecule has 126 valence electrons. The highest BCUT2D eigenvalue weighted by atomic mass is 32.1. The molecular formula is C17H16N6OS. The molecule has 5 rings (SSSR count). The first kappa shape index (κ1) is 14.6. The number of nitrogens with zero attached hydrogens (tertiary/aromatic N) is 5. The van der Waals surface area contributed by atoms with Crippen molar-refractivity contribution in [1.29, 1.82) is 0 Å². The van der Waals surface area contributed by atoms with Crippen molar-refractivity contribution in [2.24, 2.45) is 7.05 Å². The van der Waals surface area contributed by atoms with E-state index in [2.05, 4.69) is 26.3 Å². The van der Waals surface area contributed by atoms with Gasteiger partial charge in [-0.1, -0.05) is 23.5 Å². The fourth-order valence-electron chi connectivity index (χ4n) is 3.45. The van der Waals surface area contributed by atoms with Crippen molar-refractivity contribution < 1.29 is 0 Å². The summed E-state index contributed by atoms with van der Waals surface area (Å²) >= 11 is 1.67. The molecule has 3 aromatic heterocycles. The van der Waals surface area contributed by atoms with Gasteiger partial charge in [-0.15, -0.1) is 0 Å². The summed E-state index contributed by atoms with van der Waals surface area (Å²) in [6.45, 7) is 0. The highest BCUT2D eigenvalue weighted by molar-refractivity contribution is 7.22. The molecule has 0 aliphatic heterocycles. The van der Waals surface area contributed by atoms with Gasteiger partial charge in [0.25, 0.3) is 0 Å². The Morgan fingerprint density at radius 1 is 1.28 bits per heavy atom. The van der Waals surface area contributed by atoms with Crippen LogP contribution in [-0.4, -0.2) is 30.1 Å². The molecule has 0 amide bonds. The number of imidazole rings is 1. The standard InChI is InChI=1S/C17H16N6OS/c1-22-13-8-18-9-19-15(13)23(17(22)24)11-6-10(7-11)20-16-21-12-4-2-3-5-14(12)25-16/h2-5,8-11H,6-7H2,1H3,(H,20,21). The van der Waals surface area contributed by atoms with E-state index in [1.54, 1.807) is 33.7 Å². The Balaban J connectivity index is 1.37. The van der Waals surface area contributed by atoms with Crippen LogP contribution in [0.5, 0.6) is 0 Å². The van der Waals surface area contributed by atoms with Gasteiger partial charge in [-0.25, -0.2) is 19.7 Å². The lowest BCUT2D eigenvalue weighted by molar-refractivity contribution is 0.280. The second kappa shape index (κ2) is 5.38. The minimum atomic E-state index is -0.0288. The molecule has 0 unspecified atom stereocenters. The first-order valence-electron chi connectivity index (χ1n) is 8.20. The average molecular weight is 352 g/mol. The van der Waals surface area contributed by atoms with Gasteiger partial charge in [-0.2, -0.15) is 0 Å². The second-order valence-electron chi connectivity index (χ2n) is 6.40. The van der Waals surface area contributed by atoms with Crippen LogP contribution in [0.25, 0.3) is 21.4 Å². The molecule has 25 heavy (non-hydrogen) atoms. The predicted molar refractivity (Wildman–Crippen MR) is 98.1 cm³/mol. The van der Waals surface area contributed by atoms with Gasteiger partial charge in [-0.3, -0.25) is 9.13 Å². The van der Waals surface area contributed by atoms with Gasteiger partial charge in [-0.05, 0) is 25.0 Å². The molecule has 1 aliphatic carbocycles. The molecule has 1 fully saturated rings. The molecule has 1 aliphatic rings. The van der Waals surface area contributed by atoms with Crippen LogP contribution in [0, 0.1) is 0 Å². The SMILES string of the molecule is Cn1c(=O)n(C2CC(Nc3nc4ccccc4s3)C2)c2ncncc21. The molecule has 8 heteroatoms. The molecule has 0 saturated heterocycles. The van der Waals surface area contributed by atoms with Crippen molar-refractivity contribution >= 4 is 37.8 Å². The van der Waals surface area contributed by atoms with Crippen LogP contribution in [-0.2, 0) is 7.05 Å². The molecule has 0 atom stereocenters. The summed E-state index contributed by atoms with van der Waals surface area (Å²) < 4.78 is 4.60. The molecule has 1 aromatic carbocycles. The lowest BCUT2D eigenvalue weighted by Crippen LogP contribution is -2.40. The van der Waals surface area contributed by atoms with E-state index < -0.39 is 0 Å². The van der Waals surface area contributed by atoms with Crippen molar-refractivity contribution in [3.05, 3.63) is 47.3 Å². The normalized spacial score (nSPS) is 20.0. The predicted octanol–water partition coefficient (Wildman–Crippen LogP) is 2.56. The molecule has 4 aromatic rings. The van der Waals surface area contributed by atoms with Crippen molar-refractivity contribution in [2.45, 2.75) is 24.9 Å². The Hall–Kier alpha value is -2.74. The lowest BCUT2D eigenvalue weighted by Gasteiger charge is -2.36. The smallest absolute Gasteiger partial charge is 0.330 e. The van der Waals surface area contributed by atoms with Gasteiger partial charge in [0.15, 0.2) is 10.8 Å². The summed E-state index contributed by atoms with van der Waals surface area (Å²) in [5.74, 6) is 0. The Bertz CT molecular complexity index is 1100. The number of thiazole rings is 1. The third-order valence-corrected chi connectivity index (χ3v) is 5.82. The number of hydrogen-bond donors (Lipinski definition) is 1. The van der Waals surface area contributed by atoms with Crippen LogP contribution >= 0.6 is 11.3 Å². The monoisotopic (exact) mass is 352 g/mol. The second-order valence-corrected chi connectivity index (χ2v) is 7.43. The van der Waals surface area contributed by atoms with Crippen LogP contribution in [0.3, 0.4) is 0 Å². The first-order chi connectivity index (χ1) is 12.2. The maximum atomic E-state index is 12.5. The van der Waals surface area contributed by atoms with E-state index in [-0.39, 0.29) is 11.7 Å². The Kier molecular flexibility index (Phi) is 3.14. The minimum Gasteiger partial charge on any atom is -0.359 e. The van der Waals surface area contributed by atoms with Crippen LogP contribution in [0.4, 0.5) is 5.13 Å². The third-order valence-electron chi connectivity index (χ3n) is 4.85. The number of anilines is 1. The van der Waals surface area contributed by atoms with Gasteiger partial charge < -0.3 is 5.32 Å². The number of benzene rings is 1. The van der Waals surface area contributed by atoms with Gasteiger partial charge in [0.05, 0.1) is 16.4 Å². The average Bonchev–Trinajstić information content (AvgIpc) is 3.11. The zero-order valence-electron chi connectivity index (χ0n) is 13.6. The molecular weight excluding hydrogens is 336 g/mol. The van der Waals surface area contributed by atoms with Crippen molar-refractivity contribution in [3.8, 4) is 0 Å². The van der Waals surface area contributed by atoms with E-state index in [0.29, 0.717) is 11.7 Å². The number of fused-ring (bicyclic) bond motifs is 2. The van der Waals surface area contributed by atoms with Crippen molar-refractivity contribution in [3.63, 3.8) is 0 Å². The highest BCUT2D eigenvalue weighted by Crippen LogP contribution is 2.36. The van der Waals surface area contributed by atoms with Gasteiger partial charge in [0.1, 0.15) is 11.8 Å². The minimum absolute atomic E-state index is 0.0288. The zero-order valence-corrected chi connectivity index (χ0v) is 14.4. The van der Waals surface area contributed by atoms with E-state index in [1.807, 2.05) is 18.2 Å². The summed E-state index contributed by atoms with van der Waals surface area (Å²) in [4.78, 5) is 25.5. The highest BCUT2D eigenvalue weighted by Gasteiger charge is 2.34. The molecule has 0 radical (unpaired) electrons. The first-order valence-corrected chi connectivity index (χ1v) is 9.01. The summed E-state index contributed by atoms with van der Waals surface area (Å²) in [5.41, 5.74) is 2.48. The molecule has 0 spiro atoms. The van der Waals surface area contributed by atoms with E-state index in [9.17, 15) is 4.79 Å². The number of para-hydroxylation sites is 1. The van der Waals surface area contributed by atoms with E-state index in [4.69, 9.17) is 0 Å². The quantitative estimate of drug-likeness (QED) is 0.613. The third kappa shape index (κ3) is 2.25. The zero-order chi connectivity index (χ0) is 17.0. The van der Waals surface area contributed by atoms with E-state index in [0.717, 1.165) is 29.0 Å². The fourth-order valence-corrected chi connectivity index (χ4v) is 4.39. The van der Waals surface area contributed by atoms with Crippen LogP contribution in [0.15, 0.2) is 41.6 Å². The summed E-state index contributed by atoms with van der Waals surface area (Å²) in [6.07, 6.45) is 4.96. The summed E-state index contributed by atoms with van der Waals surface area (Å²) in [7, 11) is 1.76. The topological polar surface area (TPSA) is 77.6 Å². The largest absolute Gasteiger partial charge is 0.359 e.